The molecule has 20 heavy (non-hydrogen) atoms. The fraction of sp³-hybridized carbons (Fsp3) is 0.562. The van der Waals surface area contributed by atoms with Gasteiger partial charge in [-0.05, 0) is 32.9 Å². The van der Waals surface area contributed by atoms with Gasteiger partial charge in [0.05, 0.1) is 11.4 Å². The minimum absolute atomic E-state index is 0.0946. The van der Waals surface area contributed by atoms with E-state index in [0.29, 0.717) is 0 Å². The minimum atomic E-state index is -0.728. The molecular formula is C16H26N4. The fourth-order valence-corrected chi connectivity index (χ4v) is 2.18. The van der Waals surface area contributed by atoms with Gasteiger partial charge in [0.1, 0.15) is 5.84 Å². The molecule has 1 heterocycles. The first-order chi connectivity index (χ1) is 9.03. The average molecular weight is 274 g/mol. The lowest BCUT2D eigenvalue weighted by molar-refractivity contribution is 0.280. The van der Waals surface area contributed by atoms with Crippen LogP contribution in [0.1, 0.15) is 41.5 Å². The Labute approximate surface area is 121 Å². The predicted octanol–water partition coefficient (Wildman–Crippen LogP) is 3.23. The molecule has 1 atom stereocenters. The molecule has 0 radical (unpaired) electrons. The Bertz CT molecular complexity index is 534. The second-order valence-corrected chi connectivity index (χ2v) is 7.54. The van der Waals surface area contributed by atoms with Gasteiger partial charge in [-0.3, -0.25) is 0 Å². The van der Waals surface area contributed by atoms with Crippen molar-refractivity contribution >= 4 is 17.2 Å². The Morgan fingerprint density at radius 1 is 1.10 bits per heavy atom. The van der Waals surface area contributed by atoms with Gasteiger partial charge < -0.3 is 16.4 Å². The van der Waals surface area contributed by atoms with Crippen molar-refractivity contribution in [2.45, 2.75) is 52.7 Å². The molecule has 4 N–H and O–H groups in total. The van der Waals surface area contributed by atoms with E-state index in [1.54, 1.807) is 0 Å². The van der Waals surface area contributed by atoms with E-state index < -0.39 is 5.66 Å². The van der Waals surface area contributed by atoms with Crippen LogP contribution in [0.15, 0.2) is 29.3 Å². The Morgan fingerprint density at radius 3 is 2.25 bits per heavy atom. The smallest absolute Gasteiger partial charge is 0.150 e. The van der Waals surface area contributed by atoms with Crippen LogP contribution >= 0.6 is 0 Å². The SMILES string of the molecule is CC(C)(C)NC1=Nc2ccccc2NC1(N)C(C)(C)C. The number of rotatable bonds is 0. The summed E-state index contributed by atoms with van der Waals surface area (Å²) in [6.45, 7) is 12.7. The van der Waals surface area contributed by atoms with Crippen LogP contribution in [-0.4, -0.2) is 17.0 Å². The van der Waals surface area contributed by atoms with Crippen LogP contribution in [0.5, 0.6) is 0 Å². The molecule has 0 amide bonds. The number of hydrogen-bond donors (Lipinski definition) is 3. The van der Waals surface area contributed by atoms with Gasteiger partial charge >= 0.3 is 0 Å². The predicted molar refractivity (Wildman–Crippen MR) is 86.4 cm³/mol. The lowest BCUT2D eigenvalue weighted by Crippen LogP contribution is -2.69. The second-order valence-electron chi connectivity index (χ2n) is 7.54. The molecule has 0 saturated carbocycles. The van der Waals surface area contributed by atoms with Crippen molar-refractivity contribution in [1.29, 1.82) is 0 Å². The van der Waals surface area contributed by atoms with E-state index >= 15 is 0 Å². The molecule has 0 aromatic heterocycles. The maximum absolute atomic E-state index is 6.70. The molecule has 4 nitrogen and oxygen atoms in total. The summed E-state index contributed by atoms with van der Waals surface area (Å²) in [5.74, 6) is 0.788. The third-order valence-corrected chi connectivity index (χ3v) is 3.52. The molecule has 0 spiro atoms. The van der Waals surface area contributed by atoms with Crippen LogP contribution in [0.4, 0.5) is 11.4 Å². The Kier molecular flexibility index (Phi) is 3.33. The van der Waals surface area contributed by atoms with E-state index in [4.69, 9.17) is 10.7 Å². The number of nitrogens with two attached hydrogens (primary N) is 1. The highest BCUT2D eigenvalue weighted by molar-refractivity contribution is 6.00. The zero-order valence-corrected chi connectivity index (χ0v) is 13.3. The van der Waals surface area contributed by atoms with Gasteiger partial charge in [0.25, 0.3) is 0 Å². The number of para-hydroxylation sites is 2. The average Bonchev–Trinajstić information content (AvgIpc) is 2.26. The zero-order chi connectivity index (χ0) is 15.2. The van der Waals surface area contributed by atoms with Gasteiger partial charge in [-0.15, -0.1) is 0 Å². The topological polar surface area (TPSA) is 62.4 Å². The van der Waals surface area contributed by atoms with Gasteiger partial charge in [-0.1, -0.05) is 32.9 Å². The van der Waals surface area contributed by atoms with Gasteiger partial charge in [-0.2, -0.15) is 0 Å². The van der Waals surface area contributed by atoms with E-state index in [1.165, 1.54) is 0 Å². The first-order valence-corrected chi connectivity index (χ1v) is 7.06. The number of aliphatic imine (C=N–C) groups is 1. The Hall–Kier alpha value is -1.55. The van der Waals surface area contributed by atoms with Crippen molar-refractivity contribution < 1.29 is 0 Å². The molecule has 0 fully saturated rings. The number of benzene rings is 1. The van der Waals surface area contributed by atoms with Crippen LogP contribution in [0.25, 0.3) is 0 Å². The van der Waals surface area contributed by atoms with E-state index in [-0.39, 0.29) is 11.0 Å². The molecule has 0 aliphatic carbocycles. The highest BCUT2D eigenvalue weighted by Gasteiger charge is 2.46. The molecule has 4 heteroatoms. The maximum Gasteiger partial charge on any atom is 0.150 e. The number of nitrogens with zero attached hydrogens (tertiary/aromatic N) is 1. The van der Waals surface area contributed by atoms with Crippen molar-refractivity contribution in [3.8, 4) is 0 Å². The Morgan fingerprint density at radius 2 is 1.70 bits per heavy atom. The zero-order valence-electron chi connectivity index (χ0n) is 13.3. The minimum Gasteiger partial charge on any atom is -0.366 e. The molecule has 1 unspecified atom stereocenters. The van der Waals surface area contributed by atoms with Crippen LogP contribution in [0, 0.1) is 5.41 Å². The molecule has 1 aliphatic rings. The van der Waals surface area contributed by atoms with E-state index in [2.05, 4.69) is 52.2 Å². The van der Waals surface area contributed by atoms with Crippen molar-refractivity contribution in [2.75, 3.05) is 5.32 Å². The van der Waals surface area contributed by atoms with Crippen LogP contribution in [0.3, 0.4) is 0 Å². The van der Waals surface area contributed by atoms with Gasteiger partial charge in [-0.25, -0.2) is 4.99 Å². The number of nitrogens with one attached hydrogen (secondary N) is 2. The standard InChI is InChI=1S/C16H26N4/c1-14(2,3)16(17)13(20-15(4,5)6)18-11-9-7-8-10-12(11)19-16/h7-10,19H,17H2,1-6H3,(H,18,20). The summed E-state index contributed by atoms with van der Waals surface area (Å²) in [5.41, 5.74) is 7.59. The van der Waals surface area contributed by atoms with Crippen molar-refractivity contribution in [1.82, 2.24) is 5.32 Å². The lowest BCUT2D eigenvalue weighted by atomic mass is 9.78. The summed E-state index contributed by atoms with van der Waals surface area (Å²) in [7, 11) is 0. The van der Waals surface area contributed by atoms with Gasteiger partial charge in [0.2, 0.25) is 0 Å². The number of fused-ring (bicyclic) bond motifs is 1. The monoisotopic (exact) mass is 274 g/mol. The van der Waals surface area contributed by atoms with E-state index in [0.717, 1.165) is 17.2 Å². The maximum atomic E-state index is 6.70. The summed E-state index contributed by atoms with van der Waals surface area (Å²) in [6.07, 6.45) is 0. The van der Waals surface area contributed by atoms with Crippen molar-refractivity contribution in [3.63, 3.8) is 0 Å². The van der Waals surface area contributed by atoms with Crippen molar-refractivity contribution in [2.24, 2.45) is 16.1 Å². The van der Waals surface area contributed by atoms with Crippen LogP contribution in [0.2, 0.25) is 0 Å². The third-order valence-electron chi connectivity index (χ3n) is 3.52. The van der Waals surface area contributed by atoms with E-state index in [9.17, 15) is 0 Å². The molecule has 110 valence electrons. The fourth-order valence-electron chi connectivity index (χ4n) is 2.18. The summed E-state index contributed by atoms with van der Waals surface area (Å²) in [4.78, 5) is 4.77. The summed E-state index contributed by atoms with van der Waals surface area (Å²) >= 11 is 0. The van der Waals surface area contributed by atoms with Gasteiger partial charge in [0.15, 0.2) is 5.66 Å². The Balaban J connectivity index is 2.54. The van der Waals surface area contributed by atoms with Crippen LogP contribution < -0.4 is 16.4 Å². The first-order valence-electron chi connectivity index (χ1n) is 7.06. The molecule has 1 aliphatic heterocycles. The van der Waals surface area contributed by atoms with Crippen molar-refractivity contribution in [3.05, 3.63) is 24.3 Å². The normalized spacial score (nSPS) is 22.6. The summed E-state index contributed by atoms with van der Waals surface area (Å²) in [5, 5.41) is 6.93. The highest BCUT2D eigenvalue weighted by atomic mass is 15.3. The van der Waals surface area contributed by atoms with Gasteiger partial charge in [0, 0.05) is 11.0 Å². The molecule has 1 aromatic carbocycles. The highest BCUT2D eigenvalue weighted by Crippen LogP contribution is 2.38. The molecule has 2 rings (SSSR count). The van der Waals surface area contributed by atoms with Crippen LogP contribution in [-0.2, 0) is 0 Å². The lowest BCUT2D eigenvalue weighted by Gasteiger charge is -2.47. The van der Waals surface area contributed by atoms with E-state index in [1.807, 2.05) is 24.3 Å². The second kappa shape index (κ2) is 4.48. The summed E-state index contributed by atoms with van der Waals surface area (Å²) in [6, 6.07) is 7.99. The quantitative estimate of drug-likeness (QED) is 0.680. The number of hydrogen-bond acceptors (Lipinski definition) is 4. The molecule has 0 bridgehead atoms. The molecular weight excluding hydrogens is 248 g/mol. The molecule has 1 aromatic rings. The first kappa shape index (κ1) is 14.9. The number of amidine groups is 1. The summed E-state index contributed by atoms with van der Waals surface area (Å²) < 4.78 is 0. The number of anilines is 1. The largest absolute Gasteiger partial charge is 0.366 e. The third kappa shape index (κ3) is 2.66. The molecule has 0 saturated heterocycles.